The molecule has 0 spiro atoms. The Labute approximate surface area is 206 Å². The highest BCUT2D eigenvalue weighted by atomic mass is 32.2. The van der Waals surface area contributed by atoms with Gasteiger partial charge in [-0.15, -0.1) is 23.1 Å². The summed E-state index contributed by atoms with van der Waals surface area (Å²) in [5, 5.41) is 3.71. The topological polar surface area (TPSA) is 80.8 Å². The van der Waals surface area contributed by atoms with Crippen LogP contribution in [0.1, 0.15) is 31.4 Å². The Balaban J connectivity index is 1.32. The standard InChI is InChI=1S/C25H25N3O4S2/c1-15-27-22(23(34-15)16-5-3-6-17(13-16)31-2)25(30)28-10-12-33-21(28)14-26-24(29)19-7-4-8-20-18(19)9-11-32-20/h3-8,13,21H,9-12,14H2,1-2H3,(H,26,29). The smallest absolute Gasteiger partial charge is 0.274 e. The van der Waals surface area contributed by atoms with Gasteiger partial charge in [-0.05, 0) is 36.8 Å². The van der Waals surface area contributed by atoms with E-state index in [0.29, 0.717) is 31.0 Å². The molecule has 0 bridgehead atoms. The molecule has 0 radical (unpaired) electrons. The highest BCUT2D eigenvalue weighted by Gasteiger charge is 2.33. The van der Waals surface area contributed by atoms with Crippen LogP contribution in [0.3, 0.4) is 0 Å². The lowest BCUT2D eigenvalue weighted by Gasteiger charge is -2.24. The minimum atomic E-state index is -0.148. The number of thiazole rings is 1. The van der Waals surface area contributed by atoms with E-state index in [9.17, 15) is 9.59 Å². The van der Waals surface area contributed by atoms with Gasteiger partial charge in [-0.1, -0.05) is 18.2 Å². The molecule has 7 nitrogen and oxygen atoms in total. The van der Waals surface area contributed by atoms with Gasteiger partial charge < -0.3 is 19.7 Å². The second-order valence-electron chi connectivity index (χ2n) is 8.06. The van der Waals surface area contributed by atoms with Crippen LogP contribution >= 0.6 is 23.1 Å². The average molecular weight is 496 g/mol. The van der Waals surface area contributed by atoms with Gasteiger partial charge in [-0.25, -0.2) is 4.98 Å². The maximum Gasteiger partial charge on any atom is 0.274 e. The van der Waals surface area contributed by atoms with Crippen LogP contribution in [0.25, 0.3) is 10.4 Å². The van der Waals surface area contributed by atoms with Gasteiger partial charge in [-0.2, -0.15) is 0 Å². The van der Waals surface area contributed by atoms with Crippen molar-refractivity contribution in [3.8, 4) is 21.9 Å². The Morgan fingerprint density at radius 2 is 2.12 bits per heavy atom. The van der Waals surface area contributed by atoms with Crippen molar-refractivity contribution in [3.05, 3.63) is 64.3 Å². The zero-order chi connectivity index (χ0) is 23.7. The van der Waals surface area contributed by atoms with Crippen molar-refractivity contribution < 1.29 is 19.1 Å². The molecule has 1 unspecified atom stereocenters. The molecule has 34 heavy (non-hydrogen) atoms. The van der Waals surface area contributed by atoms with Crippen molar-refractivity contribution in [2.24, 2.45) is 0 Å². The van der Waals surface area contributed by atoms with Crippen LogP contribution in [0.15, 0.2) is 42.5 Å². The predicted molar refractivity (Wildman–Crippen MR) is 134 cm³/mol. The number of methoxy groups -OCH3 is 1. The van der Waals surface area contributed by atoms with Gasteiger partial charge in [0, 0.05) is 36.4 Å². The van der Waals surface area contributed by atoms with Gasteiger partial charge in [0.25, 0.3) is 11.8 Å². The number of nitrogens with one attached hydrogen (secondary N) is 1. The Kier molecular flexibility index (Phi) is 6.47. The molecule has 1 aromatic heterocycles. The number of nitrogens with zero attached hydrogens (tertiary/aromatic N) is 2. The van der Waals surface area contributed by atoms with Gasteiger partial charge in [0.2, 0.25) is 0 Å². The van der Waals surface area contributed by atoms with Crippen LogP contribution in [0.4, 0.5) is 0 Å². The summed E-state index contributed by atoms with van der Waals surface area (Å²) in [5.41, 5.74) is 2.96. The van der Waals surface area contributed by atoms with Gasteiger partial charge >= 0.3 is 0 Å². The molecule has 3 heterocycles. The fourth-order valence-electron chi connectivity index (χ4n) is 4.30. The Hall–Kier alpha value is -3.04. The fourth-order valence-corrected chi connectivity index (χ4v) is 6.36. The molecule has 2 amide bonds. The largest absolute Gasteiger partial charge is 0.497 e. The predicted octanol–water partition coefficient (Wildman–Crippen LogP) is 4.01. The summed E-state index contributed by atoms with van der Waals surface area (Å²) < 4.78 is 10.9. The van der Waals surface area contributed by atoms with E-state index < -0.39 is 0 Å². The molecule has 1 atom stereocenters. The van der Waals surface area contributed by atoms with Crippen LogP contribution in [-0.2, 0) is 6.42 Å². The van der Waals surface area contributed by atoms with E-state index in [4.69, 9.17) is 9.47 Å². The van der Waals surface area contributed by atoms with E-state index in [1.54, 1.807) is 18.9 Å². The molecule has 5 rings (SSSR count). The van der Waals surface area contributed by atoms with E-state index in [1.165, 1.54) is 11.3 Å². The zero-order valence-electron chi connectivity index (χ0n) is 19.0. The molecular weight excluding hydrogens is 470 g/mol. The number of carbonyl (C=O) groups excluding carboxylic acids is 2. The van der Waals surface area contributed by atoms with Crippen LogP contribution in [0, 0.1) is 6.92 Å². The molecule has 176 valence electrons. The number of hydrogen-bond acceptors (Lipinski definition) is 7. The van der Waals surface area contributed by atoms with E-state index in [0.717, 1.165) is 44.7 Å². The summed E-state index contributed by atoms with van der Waals surface area (Å²) in [6, 6.07) is 13.2. The number of ether oxygens (including phenoxy) is 2. The first-order valence-electron chi connectivity index (χ1n) is 11.1. The lowest BCUT2D eigenvalue weighted by molar-refractivity contribution is 0.0747. The Morgan fingerprint density at radius 3 is 2.97 bits per heavy atom. The Morgan fingerprint density at radius 1 is 1.26 bits per heavy atom. The number of carbonyl (C=O) groups is 2. The van der Waals surface area contributed by atoms with E-state index in [-0.39, 0.29) is 17.2 Å². The quantitative estimate of drug-likeness (QED) is 0.557. The number of hydrogen-bond donors (Lipinski definition) is 1. The van der Waals surface area contributed by atoms with Crippen molar-refractivity contribution in [1.29, 1.82) is 0 Å². The minimum absolute atomic E-state index is 0.111. The zero-order valence-corrected chi connectivity index (χ0v) is 20.6. The molecule has 2 aliphatic rings. The number of rotatable bonds is 6. The summed E-state index contributed by atoms with van der Waals surface area (Å²) in [4.78, 5) is 33.7. The third-order valence-corrected chi connectivity index (χ3v) is 8.19. The maximum absolute atomic E-state index is 13.6. The summed E-state index contributed by atoms with van der Waals surface area (Å²) >= 11 is 3.17. The molecule has 0 aliphatic carbocycles. The number of benzene rings is 2. The van der Waals surface area contributed by atoms with Crippen molar-refractivity contribution in [1.82, 2.24) is 15.2 Å². The van der Waals surface area contributed by atoms with Gasteiger partial charge in [-0.3, -0.25) is 9.59 Å². The lowest BCUT2D eigenvalue weighted by Crippen LogP contribution is -2.42. The van der Waals surface area contributed by atoms with Crippen molar-refractivity contribution >= 4 is 34.9 Å². The minimum Gasteiger partial charge on any atom is -0.497 e. The molecule has 1 N–H and O–H groups in total. The van der Waals surface area contributed by atoms with Crippen LogP contribution in [-0.4, -0.2) is 59.6 Å². The number of fused-ring (bicyclic) bond motifs is 1. The van der Waals surface area contributed by atoms with Crippen LogP contribution < -0.4 is 14.8 Å². The second-order valence-corrected chi connectivity index (χ2v) is 10.5. The molecule has 1 saturated heterocycles. The number of amides is 2. The SMILES string of the molecule is COc1cccc(-c2sc(C)nc2C(=O)N2CCSC2CNC(=O)c2cccc3c2CCO3)c1. The Bertz CT molecular complexity index is 1240. The van der Waals surface area contributed by atoms with E-state index in [1.807, 2.05) is 54.3 Å². The van der Waals surface area contributed by atoms with Gasteiger partial charge in [0.05, 0.1) is 29.0 Å². The van der Waals surface area contributed by atoms with Crippen molar-refractivity contribution in [2.75, 3.05) is 32.6 Å². The number of aromatic nitrogens is 1. The van der Waals surface area contributed by atoms with E-state index in [2.05, 4.69) is 10.3 Å². The van der Waals surface area contributed by atoms with Crippen molar-refractivity contribution in [3.63, 3.8) is 0 Å². The van der Waals surface area contributed by atoms with E-state index >= 15 is 0 Å². The molecule has 9 heteroatoms. The molecule has 3 aromatic rings. The molecule has 0 saturated carbocycles. The monoisotopic (exact) mass is 495 g/mol. The van der Waals surface area contributed by atoms with Gasteiger partial charge in [0.15, 0.2) is 0 Å². The molecule has 2 aliphatic heterocycles. The summed E-state index contributed by atoms with van der Waals surface area (Å²) in [7, 11) is 1.63. The first kappa shape index (κ1) is 22.7. The number of aryl methyl sites for hydroxylation is 1. The average Bonchev–Trinajstić information content (AvgIpc) is 3.61. The fraction of sp³-hybridized carbons (Fsp3) is 0.320. The van der Waals surface area contributed by atoms with Crippen LogP contribution in [0.2, 0.25) is 0 Å². The van der Waals surface area contributed by atoms with Gasteiger partial charge in [0.1, 0.15) is 17.2 Å². The third kappa shape index (κ3) is 4.37. The summed E-state index contributed by atoms with van der Waals surface area (Å²) in [5.74, 6) is 2.09. The summed E-state index contributed by atoms with van der Waals surface area (Å²) in [6.45, 7) is 3.50. The molecule has 2 aromatic carbocycles. The number of thioether (sulfide) groups is 1. The lowest BCUT2D eigenvalue weighted by atomic mass is 10.0. The molecular formula is C25H25N3O4S2. The third-order valence-electron chi connectivity index (χ3n) is 5.94. The summed E-state index contributed by atoms with van der Waals surface area (Å²) in [6.07, 6.45) is 0.734. The van der Waals surface area contributed by atoms with Crippen LogP contribution in [0.5, 0.6) is 11.5 Å². The second kappa shape index (κ2) is 9.68. The maximum atomic E-state index is 13.6. The van der Waals surface area contributed by atoms with Crippen molar-refractivity contribution in [2.45, 2.75) is 18.7 Å². The highest BCUT2D eigenvalue weighted by molar-refractivity contribution is 8.00. The normalized spacial score (nSPS) is 16.8. The first-order chi connectivity index (χ1) is 16.5. The first-order valence-corrected chi connectivity index (χ1v) is 13.0. The molecule has 1 fully saturated rings. The highest BCUT2D eigenvalue weighted by Crippen LogP contribution is 2.35.